The van der Waals surface area contributed by atoms with E-state index in [9.17, 15) is 4.79 Å². The van der Waals surface area contributed by atoms with Gasteiger partial charge < -0.3 is 4.74 Å². The summed E-state index contributed by atoms with van der Waals surface area (Å²) in [5, 5.41) is 8.64. The van der Waals surface area contributed by atoms with Gasteiger partial charge in [-0.1, -0.05) is 32.0 Å². The average molecular weight is 217 g/mol. The zero-order valence-electron chi connectivity index (χ0n) is 9.56. The van der Waals surface area contributed by atoms with Crippen molar-refractivity contribution in [2.45, 2.75) is 20.3 Å². The molecule has 84 valence electrons. The summed E-state index contributed by atoms with van der Waals surface area (Å²) in [5.74, 6) is -0.0355. The summed E-state index contributed by atoms with van der Waals surface area (Å²) in [7, 11) is 0. The van der Waals surface area contributed by atoms with Crippen LogP contribution in [0.15, 0.2) is 24.3 Å². The Bertz CT molecular complexity index is 405. The second kappa shape index (κ2) is 5.92. The van der Waals surface area contributed by atoms with Gasteiger partial charge in [-0.15, -0.1) is 0 Å². The van der Waals surface area contributed by atoms with Gasteiger partial charge in [-0.3, -0.25) is 0 Å². The molecule has 3 nitrogen and oxygen atoms in total. The minimum absolute atomic E-state index is 0.229. The first-order chi connectivity index (χ1) is 7.65. The average Bonchev–Trinajstić information content (AvgIpc) is 2.27. The van der Waals surface area contributed by atoms with E-state index in [1.807, 2.05) is 26.0 Å². The highest BCUT2D eigenvalue weighted by atomic mass is 16.5. The topological polar surface area (TPSA) is 50.1 Å². The lowest BCUT2D eigenvalue weighted by Gasteiger charge is -2.09. The Labute approximate surface area is 95.7 Å². The van der Waals surface area contributed by atoms with Gasteiger partial charge in [0.15, 0.2) is 0 Å². The second-order valence-electron chi connectivity index (χ2n) is 3.98. The highest BCUT2D eigenvalue weighted by Gasteiger charge is 2.12. The van der Waals surface area contributed by atoms with E-state index in [1.54, 1.807) is 18.2 Å². The molecule has 0 saturated heterocycles. The fraction of sp³-hybridized carbons (Fsp3) is 0.385. The summed E-state index contributed by atoms with van der Waals surface area (Å²) < 4.78 is 5.13. The maximum atomic E-state index is 11.7. The van der Waals surface area contributed by atoms with Crippen LogP contribution in [0.2, 0.25) is 0 Å². The first-order valence-electron chi connectivity index (χ1n) is 5.27. The number of rotatable bonds is 4. The van der Waals surface area contributed by atoms with Crippen LogP contribution in [0.25, 0.3) is 0 Å². The summed E-state index contributed by atoms with van der Waals surface area (Å²) in [6, 6.07) is 9.08. The monoisotopic (exact) mass is 217 g/mol. The van der Waals surface area contributed by atoms with E-state index < -0.39 is 0 Å². The van der Waals surface area contributed by atoms with E-state index in [1.165, 1.54) is 0 Å². The fourth-order valence-electron chi connectivity index (χ4n) is 1.28. The number of nitriles is 1. The molecule has 0 saturated carbocycles. The van der Waals surface area contributed by atoms with Gasteiger partial charge in [-0.05, 0) is 17.5 Å². The molecular weight excluding hydrogens is 202 g/mol. The summed E-state index contributed by atoms with van der Waals surface area (Å²) in [4.78, 5) is 11.7. The van der Waals surface area contributed by atoms with Crippen molar-refractivity contribution in [2.24, 2.45) is 5.92 Å². The van der Waals surface area contributed by atoms with E-state index in [2.05, 4.69) is 0 Å². The SMILES string of the molecule is CC(C)COC(=O)c1ccccc1CC#N. The lowest BCUT2D eigenvalue weighted by molar-refractivity contribution is 0.0458. The zero-order chi connectivity index (χ0) is 12.0. The van der Waals surface area contributed by atoms with E-state index in [4.69, 9.17) is 10.00 Å². The van der Waals surface area contributed by atoms with E-state index in [0.717, 1.165) is 5.56 Å². The minimum atomic E-state index is -0.348. The van der Waals surface area contributed by atoms with E-state index in [-0.39, 0.29) is 12.4 Å². The van der Waals surface area contributed by atoms with Crippen molar-refractivity contribution >= 4 is 5.97 Å². The van der Waals surface area contributed by atoms with Crippen LogP contribution in [0.5, 0.6) is 0 Å². The minimum Gasteiger partial charge on any atom is -0.462 e. The standard InChI is InChI=1S/C13H15NO2/c1-10(2)9-16-13(15)12-6-4-3-5-11(12)7-8-14/h3-6,10H,7,9H2,1-2H3. The molecule has 0 radical (unpaired) electrons. The molecule has 0 aliphatic heterocycles. The summed E-state index contributed by atoms with van der Waals surface area (Å²) in [6.45, 7) is 4.36. The first kappa shape index (κ1) is 12.3. The Morgan fingerprint density at radius 3 is 2.75 bits per heavy atom. The normalized spacial score (nSPS) is 9.88. The molecule has 0 atom stereocenters. The number of hydrogen-bond acceptors (Lipinski definition) is 3. The predicted octanol–water partition coefficient (Wildman–Crippen LogP) is 2.57. The number of hydrogen-bond donors (Lipinski definition) is 0. The van der Waals surface area contributed by atoms with Gasteiger partial charge >= 0.3 is 5.97 Å². The molecule has 1 rings (SSSR count). The Morgan fingerprint density at radius 2 is 2.12 bits per heavy atom. The molecule has 0 fully saturated rings. The maximum Gasteiger partial charge on any atom is 0.338 e. The van der Waals surface area contributed by atoms with Gasteiger partial charge in [0.25, 0.3) is 0 Å². The number of ether oxygens (including phenoxy) is 1. The highest BCUT2D eigenvalue weighted by Crippen LogP contribution is 2.11. The first-order valence-corrected chi connectivity index (χ1v) is 5.27. The third-order valence-electron chi connectivity index (χ3n) is 2.05. The van der Waals surface area contributed by atoms with E-state index >= 15 is 0 Å². The Balaban J connectivity index is 2.78. The van der Waals surface area contributed by atoms with Gasteiger partial charge in [0, 0.05) is 0 Å². The smallest absolute Gasteiger partial charge is 0.338 e. The molecule has 0 bridgehead atoms. The second-order valence-corrected chi connectivity index (χ2v) is 3.98. The number of esters is 1. The van der Waals surface area contributed by atoms with Crippen molar-refractivity contribution in [2.75, 3.05) is 6.61 Å². The Hall–Kier alpha value is -1.82. The van der Waals surface area contributed by atoms with Crippen LogP contribution < -0.4 is 0 Å². The molecule has 1 aromatic rings. The van der Waals surface area contributed by atoms with Crippen molar-refractivity contribution < 1.29 is 9.53 Å². The van der Waals surface area contributed by atoms with E-state index in [0.29, 0.717) is 18.1 Å². The maximum absolute atomic E-state index is 11.7. The van der Waals surface area contributed by atoms with Crippen molar-refractivity contribution in [3.8, 4) is 6.07 Å². The van der Waals surface area contributed by atoms with Crippen LogP contribution in [-0.2, 0) is 11.2 Å². The molecule has 3 heteroatoms. The molecule has 16 heavy (non-hydrogen) atoms. The highest BCUT2D eigenvalue weighted by molar-refractivity contribution is 5.91. The number of nitrogens with zero attached hydrogens (tertiary/aromatic N) is 1. The third-order valence-corrected chi connectivity index (χ3v) is 2.05. The molecule has 0 amide bonds. The quantitative estimate of drug-likeness (QED) is 0.728. The van der Waals surface area contributed by atoms with Crippen molar-refractivity contribution in [1.82, 2.24) is 0 Å². The van der Waals surface area contributed by atoms with Crippen molar-refractivity contribution in [3.05, 3.63) is 35.4 Å². The van der Waals surface area contributed by atoms with Crippen LogP contribution in [0.4, 0.5) is 0 Å². The number of benzene rings is 1. The van der Waals surface area contributed by atoms with Crippen LogP contribution in [0.1, 0.15) is 29.8 Å². The number of carbonyl (C=O) groups excluding carboxylic acids is 1. The molecule has 0 spiro atoms. The van der Waals surface area contributed by atoms with Crippen molar-refractivity contribution in [3.63, 3.8) is 0 Å². The molecule has 1 aromatic carbocycles. The summed E-state index contributed by atoms with van der Waals surface area (Å²) >= 11 is 0. The lowest BCUT2D eigenvalue weighted by Crippen LogP contribution is -2.12. The fourth-order valence-corrected chi connectivity index (χ4v) is 1.28. The van der Waals surface area contributed by atoms with Crippen LogP contribution in [-0.4, -0.2) is 12.6 Å². The largest absolute Gasteiger partial charge is 0.462 e. The van der Waals surface area contributed by atoms with Gasteiger partial charge in [0.05, 0.1) is 24.7 Å². The Kier molecular flexibility index (Phi) is 4.53. The Morgan fingerprint density at radius 1 is 1.44 bits per heavy atom. The lowest BCUT2D eigenvalue weighted by atomic mass is 10.1. The summed E-state index contributed by atoms with van der Waals surface area (Å²) in [6.07, 6.45) is 0.229. The summed E-state index contributed by atoms with van der Waals surface area (Å²) in [5.41, 5.74) is 1.21. The van der Waals surface area contributed by atoms with Crippen LogP contribution in [0, 0.1) is 17.2 Å². The number of carbonyl (C=O) groups is 1. The van der Waals surface area contributed by atoms with Gasteiger partial charge in [0.2, 0.25) is 0 Å². The molecule has 0 aromatic heterocycles. The van der Waals surface area contributed by atoms with Gasteiger partial charge in [-0.25, -0.2) is 4.79 Å². The van der Waals surface area contributed by atoms with Gasteiger partial charge in [-0.2, -0.15) is 5.26 Å². The molecule has 0 unspecified atom stereocenters. The van der Waals surface area contributed by atoms with Crippen molar-refractivity contribution in [1.29, 1.82) is 5.26 Å². The zero-order valence-corrected chi connectivity index (χ0v) is 9.56. The molecule has 0 heterocycles. The molecular formula is C13H15NO2. The molecule has 0 N–H and O–H groups in total. The third kappa shape index (κ3) is 3.39. The van der Waals surface area contributed by atoms with Gasteiger partial charge in [0.1, 0.15) is 0 Å². The van der Waals surface area contributed by atoms with Crippen LogP contribution >= 0.6 is 0 Å². The molecule has 0 aliphatic carbocycles. The van der Waals surface area contributed by atoms with Crippen LogP contribution in [0.3, 0.4) is 0 Å². The molecule has 0 aliphatic rings. The predicted molar refractivity (Wildman–Crippen MR) is 60.9 cm³/mol.